The molecule has 0 saturated carbocycles. The van der Waals surface area contributed by atoms with Crippen LogP contribution in [0.5, 0.6) is 5.75 Å². The van der Waals surface area contributed by atoms with Gasteiger partial charge < -0.3 is 10.1 Å². The fraction of sp³-hybridized carbons (Fsp3) is 0.0800. The number of carbonyl (C=O) groups excluding carboxylic acids is 3. The Balaban J connectivity index is 1.40. The van der Waals surface area contributed by atoms with Gasteiger partial charge in [0.25, 0.3) is 11.1 Å². The lowest BCUT2D eigenvalue weighted by molar-refractivity contribution is -0.127. The molecule has 0 unspecified atom stereocenters. The lowest BCUT2D eigenvalue weighted by Crippen LogP contribution is -2.36. The van der Waals surface area contributed by atoms with Crippen molar-refractivity contribution in [3.63, 3.8) is 0 Å². The Morgan fingerprint density at radius 1 is 1.00 bits per heavy atom. The van der Waals surface area contributed by atoms with Crippen molar-refractivity contribution in [3.8, 4) is 5.75 Å². The van der Waals surface area contributed by atoms with E-state index in [4.69, 9.17) is 16.3 Å². The van der Waals surface area contributed by atoms with Crippen molar-refractivity contribution in [3.05, 3.63) is 99.9 Å². The second kappa shape index (κ2) is 10.4. The molecule has 1 aliphatic heterocycles. The van der Waals surface area contributed by atoms with E-state index >= 15 is 0 Å². The first-order valence-corrected chi connectivity index (χ1v) is 11.2. The fourth-order valence-corrected chi connectivity index (χ4v) is 4.06. The normalized spacial score (nSPS) is 14.6. The molecule has 33 heavy (non-hydrogen) atoms. The summed E-state index contributed by atoms with van der Waals surface area (Å²) < 4.78 is 5.82. The molecule has 166 valence electrons. The van der Waals surface area contributed by atoms with Gasteiger partial charge in [-0.2, -0.15) is 0 Å². The zero-order chi connectivity index (χ0) is 23.2. The van der Waals surface area contributed by atoms with Crippen molar-refractivity contribution < 1.29 is 19.1 Å². The number of hydrogen-bond acceptors (Lipinski definition) is 5. The van der Waals surface area contributed by atoms with E-state index in [9.17, 15) is 14.4 Å². The minimum atomic E-state index is -0.499. The zero-order valence-electron chi connectivity index (χ0n) is 17.4. The third-order valence-electron chi connectivity index (χ3n) is 4.71. The van der Waals surface area contributed by atoms with Crippen LogP contribution in [-0.4, -0.2) is 28.5 Å². The van der Waals surface area contributed by atoms with Crippen LogP contribution < -0.4 is 10.1 Å². The number of imide groups is 1. The molecule has 0 bridgehead atoms. The number of para-hydroxylation sites is 1. The van der Waals surface area contributed by atoms with E-state index in [1.807, 2.05) is 30.3 Å². The van der Waals surface area contributed by atoms with E-state index < -0.39 is 17.1 Å². The number of nitrogens with zero attached hydrogens (tertiary/aromatic N) is 1. The van der Waals surface area contributed by atoms with Gasteiger partial charge in [-0.3, -0.25) is 19.3 Å². The molecule has 1 fully saturated rings. The SMILES string of the molecule is O=C(CN1C(=O)S/C(=C/c2cccc(OCc3ccc(Cl)cc3)c2)C1=O)Nc1ccccc1. The highest BCUT2D eigenvalue weighted by atomic mass is 35.5. The van der Waals surface area contributed by atoms with Crippen LogP contribution in [-0.2, 0) is 16.2 Å². The lowest BCUT2D eigenvalue weighted by Gasteiger charge is -2.12. The average Bonchev–Trinajstić information content (AvgIpc) is 3.07. The minimum Gasteiger partial charge on any atom is -0.489 e. The maximum atomic E-state index is 12.7. The summed E-state index contributed by atoms with van der Waals surface area (Å²) in [5.74, 6) is -0.316. The number of carbonyl (C=O) groups is 3. The molecule has 0 spiro atoms. The first kappa shape index (κ1) is 22.6. The number of hydrogen-bond donors (Lipinski definition) is 1. The van der Waals surface area contributed by atoms with Crippen LogP contribution in [0.3, 0.4) is 0 Å². The van der Waals surface area contributed by atoms with Crippen LogP contribution in [0, 0.1) is 0 Å². The van der Waals surface area contributed by atoms with Gasteiger partial charge in [-0.1, -0.05) is 54.1 Å². The number of halogens is 1. The van der Waals surface area contributed by atoms with Crippen molar-refractivity contribution >= 4 is 52.2 Å². The summed E-state index contributed by atoms with van der Waals surface area (Å²) in [6.07, 6.45) is 1.62. The van der Waals surface area contributed by atoms with Gasteiger partial charge in [0.1, 0.15) is 18.9 Å². The van der Waals surface area contributed by atoms with Gasteiger partial charge in [0, 0.05) is 10.7 Å². The summed E-state index contributed by atoms with van der Waals surface area (Å²) in [5, 5.41) is 2.85. The monoisotopic (exact) mass is 478 g/mol. The molecular formula is C25H19ClN2O4S. The summed E-state index contributed by atoms with van der Waals surface area (Å²) in [6.45, 7) is 0.0226. The van der Waals surface area contributed by atoms with Crippen molar-refractivity contribution in [1.82, 2.24) is 4.90 Å². The maximum Gasteiger partial charge on any atom is 0.294 e. The standard InChI is InChI=1S/C25H19ClN2O4S/c26-19-11-9-17(10-12-19)16-32-21-8-4-5-18(13-21)14-22-24(30)28(25(31)33-22)15-23(29)27-20-6-2-1-3-7-20/h1-14H,15-16H2,(H,27,29)/b22-14+. The highest BCUT2D eigenvalue weighted by molar-refractivity contribution is 8.18. The predicted molar refractivity (Wildman–Crippen MR) is 130 cm³/mol. The van der Waals surface area contributed by atoms with Gasteiger partial charge in [-0.15, -0.1) is 0 Å². The fourth-order valence-electron chi connectivity index (χ4n) is 3.09. The summed E-state index contributed by atoms with van der Waals surface area (Å²) in [7, 11) is 0. The lowest BCUT2D eigenvalue weighted by atomic mass is 10.2. The van der Waals surface area contributed by atoms with Crippen molar-refractivity contribution in [2.45, 2.75) is 6.61 Å². The van der Waals surface area contributed by atoms with Gasteiger partial charge in [0.05, 0.1) is 4.91 Å². The molecule has 3 aromatic rings. The minimum absolute atomic E-state index is 0.252. The van der Waals surface area contributed by atoms with E-state index in [1.165, 1.54) is 0 Å². The molecule has 6 nitrogen and oxygen atoms in total. The Labute approximate surface area is 200 Å². The van der Waals surface area contributed by atoms with Crippen LogP contribution >= 0.6 is 23.4 Å². The van der Waals surface area contributed by atoms with Crippen LogP contribution in [0.2, 0.25) is 5.02 Å². The highest BCUT2D eigenvalue weighted by Crippen LogP contribution is 2.32. The third kappa shape index (κ3) is 6.03. The number of thioether (sulfide) groups is 1. The van der Waals surface area contributed by atoms with Crippen molar-refractivity contribution in [1.29, 1.82) is 0 Å². The zero-order valence-corrected chi connectivity index (χ0v) is 18.9. The second-order valence-corrected chi connectivity index (χ2v) is 8.60. The maximum absolute atomic E-state index is 12.7. The van der Waals surface area contributed by atoms with Crippen LogP contribution in [0.4, 0.5) is 10.5 Å². The van der Waals surface area contributed by atoms with Gasteiger partial charge >= 0.3 is 0 Å². The Morgan fingerprint density at radius 2 is 1.76 bits per heavy atom. The molecule has 0 radical (unpaired) electrons. The average molecular weight is 479 g/mol. The van der Waals surface area contributed by atoms with Crippen LogP contribution in [0.25, 0.3) is 6.08 Å². The Hall–Kier alpha value is -3.55. The number of ether oxygens (including phenoxy) is 1. The largest absolute Gasteiger partial charge is 0.489 e. The second-order valence-electron chi connectivity index (χ2n) is 7.17. The Morgan fingerprint density at radius 3 is 2.52 bits per heavy atom. The molecule has 4 rings (SSSR count). The quantitative estimate of drug-likeness (QED) is 0.448. The molecule has 8 heteroatoms. The van der Waals surface area contributed by atoms with Crippen molar-refractivity contribution in [2.75, 3.05) is 11.9 Å². The Kier molecular flexibility index (Phi) is 7.12. The summed E-state index contributed by atoms with van der Waals surface area (Å²) in [5.41, 5.74) is 2.28. The number of anilines is 1. The van der Waals surface area contributed by atoms with E-state index in [0.29, 0.717) is 28.6 Å². The topological polar surface area (TPSA) is 75.7 Å². The highest BCUT2D eigenvalue weighted by Gasteiger charge is 2.36. The summed E-state index contributed by atoms with van der Waals surface area (Å²) in [4.78, 5) is 38.5. The van der Waals surface area contributed by atoms with Gasteiger partial charge in [0.15, 0.2) is 0 Å². The van der Waals surface area contributed by atoms with E-state index in [2.05, 4.69) is 5.32 Å². The van der Waals surface area contributed by atoms with Gasteiger partial charge in [-0.25, -0.2) is 0 Å². The molecule has 0 aromatic heterocycles. The van der Waals surface area contributed by atoms with E-state index in [1.54, 1.807) is 54.6 Å². The molecule has 3 amide bonds. The Bertz CT molecular complexity index is 1210. The first-order chi connectivity index (χ1) is 16.0. The molecule has 1 aliphatic rings. The molecule has 0 aliphatic carbocycles. The molecule has 0 atom stereocenters. The first-order valence-electron chi connectivity index (χ1n) is 10.1. The van der Waals surface area contributed by atoms with E-state index in [-0.39, 0.29) is 11.4 Å². The van der Waals surface area contributed by atoms with Gasteiger partial charge in [0.2, 0.25) is 5.91 Å². The number of benzene rings is 3. The molecule has 3 aromatic carbocycles. The predicted octanol–water partition coefficient (Wildman–Crippen LogP) is 5.59. The molecule has 1 heterocycles. The number of rotatable bonds is 7. The molecular weight excluding hydrogens is 460 g/mol. The summed E-state index contributed by atoms with van der Waals surface area (Å²) in [6, 6.07) is 23.4. The molecule has 1 saturated heterocycles. The smallest absolute Gasteiger partial charge is 0.294 e. The number of nitrogens with one attached hydrogen (secondary N) is 1. The van der Waals surface area contributed by atoms with Crippen LogP contribution in [0.1, 0.15) is 11.1 Å². The third-order valence-corrected chi connectivity index (χ3v) is 5.87. The molecule has 1 N–H and O–H groups in total. The van der Waals surface area contributed by atoms with Crippen molar-refractivity contribution in [2.24, 2.45) is 0 Å². The summed E-state index contributed by atoms with van der Waals surface area (Å²) >= 11 is 6.71. The van der Waals surface area contributed by atoms with E-state index in [0.717, 1.165) is 22.2 Å². The van der Waals surface area contributed by atoms with Gasteiger partial charge in [-0.05, 0) is 65.4 Å². The number of amides is 3. The van der Waals surface area contributed by atoms with Crippen LogP contribution in [0.15, 0.2) is 83.8 Å².